The first kappa shape index (κ1) is 14.8. The molecule has 2 aromatic carbocycles. The second-order valence-electron chi connectivity index (χ2n) is 4.38. The van der Waals surface area contributed by atoms with E-state index in [1.165, 1.54) is 0 Å². The number of Topliss-reactive ketones (excluding diaryl/α,β-unsaturated/α-hetero) is 1. The lowest BCUT2D eigenvalue weighted by molar-refractivity contribution is 0.0978. The van der Waals surface area contributed by atoms with Crippen molar-refractivity contribution < 1.29 is 4.79 Å². The number of hydrogen-bond acceptors (Lipinski definition) is 2. The molecule has 100 valence electrons. The van der Waals surface area contributed by atoms with Gasteiger partial charge in [0.1, 0.15) is 5.92 Å². The summed E-state index contributed by atoms with van der Waals surface area (Å²) in [6.45, 7) is 1.83. The van der Waals surface area contributed by atoms with Crippen molar-refractivity contribution in [2.45, 2.75) is 12.8 Å². The van der Waals surface area contributed by atoms with Gasteiger partial charge in [-0.15, -0.1) is 0 Å². The van der Waals surface area contributed by atoms with Crippen molar-refractivity contribution in [1.82, 2.24) is 0 Å². The molecular weight excluding hydrogens is 338 g/mol. The number of rotatable bonds is 3. The van der Waals surface area contributed by atoms with Crippen LogP contribution in [0.1, 0.15) is 27.4 Å². The van der Waals surface area contributed by atoms with E-state index < -0.39 is 5.92 Å². The normalized spacial score (nSPS) is 11.7. The first-order valence-electron chi connectivity index (χ1n) is 5.99. The summed E-state index contributed by atoms with van der Waals surface area (Å²) in [5.41, 5.74) is 1.85. The number of benzene rings is 2. The average Bonchev–Trinajstić information content (AvgIpc) is 2.44. The van der Waals surface area contributed by atoms with Crippen LogP contribution in [0.4, 0.5) is 0 Å². The number of nitriles is 1. The van der Waals surface area contributed by atoms with Gasteiger partial charge in [-0.3, -0.25) is 4.79 Å². The number of carbonyl (C=O) groups excluding carboxylic acids is 1. The van der Waals surface area contributed by atoms with Crippen LogP contribution >= 0.6 is 27.5 Å². The summed E-state index contributed by atoms with van der Waals surface area (Å²) in [6.07, 6.45) is 0. The molecule has 0 spiro atoms. The highest BCUT2D eigenvalue weighted by molar-refractivity contribution is 9.10. The summed E-state index contributed by atoms with van der Waals surface area (Å²) in [6, 6.07) is 14.5. The molecule has 4 heteroatoms. The molecule has 0 aliphatic carbocycles. The molecule has 0 aliphatic heterocycles. The Morgan fingerprint density at radius 3 is 2.60 bits per heavy atom. The minimum absolute atomic E-state index is 0.284. The highest BCUT2D eigenvalue weighted by Gasteiger charge is 2.25. The highest BCUT2D eigenvalue weighted by atomic mass is 79.9. The molecule has 2 nitrogen and oxygen atoms in total. The summed E-state index contributed by atoms with van der Waals surface area (Å²) in [5.74, 6) is -1.15. The van der Waals surface area contributed by atoms with Gasteiger partial charge in [-0.1, -0.05) is 57.9 Å². The molecule has 0 saturated carbocycles. The van der Waals surface area contributed by atoms with E-state index in [4.69, 9.17) is 11.6 Å². The molecule has 2 rings (SSSR count). The van der Waals surface area contributed by atoms with E-state index in [2.05, 4.69) is 22.0 Å². The molecule has 0 heterocycles. The summed E-state index contributed by atoms with van der Waals surface area (Å²) in [4.78, 5) is 12.6. The first-order valence-corrected chi connectivity index (χ1v) is 7.16. The van der Waals surface area contributed by atoms with E-state index in [9.17, 15) is 10.1 Å². The Bertz CT molecular complexity index is 706. The van der Waals surface area contributed by atoms with Crippen LogP contribution in [-0.4, -0.2) is 5.78 Å². The predicted octanol–water partition coefficient (Wildman–Crippen LogP) is 4.90. The van der Waals surface area contributed by atoms with Gasteiger partial charge in [0, 0.05) is 10.0 Å². The lowest BCUT2D eigenvalue weighted by Gasteiger charge is -2.12. The van der Waals surface area contributed by atoms with Gasteiger partial charge in [0.25, 0.3) is 0 Å². The summed E-state index contributed by atoms with van der Waals surface area (Å²) in [7, 11) is 0. The summed E-state index contributed by atoms with van der Waals surface area (Å²) in [5, 5.41) is 9.77. The monoisotopic (exact) mass is 347 g/mol. The van der Waals surface area contributed by atoms with Crippen LogP contribution < -0.4 is 0 Å². The van der Waals surface area contributed by atoms with Crippen molar-refractivity contribution in [3.8, 4) is 6.07 Å². The van der Waals surface area contributed by atoms with Gasteiger partial charge in [-0.25, -0.2) is 0 Å². The third-order valence-electron chi connectivity index (χ3n) is 3.06. The zero-order valence-electron chi connectivity index (χ0n) is 10.7. The highest BCUT2D eigenvalue weighted by Crippen LogP contribution is 2.30. The number of aryl methyl sites for hydroxylation is 1. The summed E-state index contributed by atoms with van der Waals surface area (Å²) < 4.78 is 0.740. The zero-order chi connectivity index (χ0) is 14.7. The van der Waals surface area contributed by atoms with E-state index in [1.54, 1.807) is 24.3 Å². The molecule has 0 bridgehead atoms. The fourth-order valence-electron chi connectivity index (χ4n) is 1.97. The van der Waals surface area contributed by atoms with Crippen LogP contribution in [-0.2, 0) is 0 Å². The second-order valence-corrected chi connectivity index (χ2v) is 5.62. The molecule has 0 amide bonds. The van der Waals surface area contributed by atoms with Gasteiger partial charge in [0.15, 0.2) is 5.78 Å². The maximum absolute atomic E-state index is 12.6. The molecule has 0 aliphatic rings. The van der Waals surface area contributed by atoms with Gasteiger partial charge >= 0.3 is 0 Å². The van der Waals surface area contributed by atoms with Crippen LogP contribution in [0, 0.1) is 18.3 Å². The number of nitrogens with zero attached hydrogens (tertiary/aromatic N) is 1. The molecule has 0 saturated heterocycles. The largest absolute Gasteiger partial charge is 0.292 e. The topological polar surface area (TPSA) is 40.9 Å². The lowest BCUT2D eigenvalue weighted by Crippen LogP contribution is -2.12. The van der Waals surface area contributed by atoms with E-state index in [-0.39, 0.29) is 5.78 Å². The van der Waals surface area contributed by atoms with E-state index in [1.807, 2.05) is 25.1 Å². The van der Waals surface area contributed by atoms with Gasteiger partial charge in [0.05, 0.1) is 11.1 Å². The summed E-state index contributed by atoms with van der Waals surface area (Å²) >= 11 is 9.55. The zero-order valence-corrected chi connectivity index (χ0v) is 13.1. The van der Waals surface area contributed by atoms with Gasteiger partial charge < -0.3 is 0 Å². The Morgan fingerprint density at radius 1 is 1.25 bits per heavy atom. The molecule has 20 heavy (non-hydrogen) atoms. The van der Waals surface area contributed by atoms with Crippen molar-refractivity contribution in [3.63, 3.8) is 0 Å². The fourth-order valence-corrected chi connectivity index (χ4v) is 2.70. The standard InChI is InChI=1S/C16H11BrClNO/c1-10-5-4-7-12(15(10)18)16(20)13(9-19)11-6-2-3-8-14(11)17/h2-8,13H,1H3. The maximum atomic E-state index is 12.6. The fraction of sp³-hybridized carbons (Fsp3) is 0.125. The third kappa shape index (κ3) is 2.77. The number of carbonyl (C=O) groups is 1. The maximum Gasteiger partial charge on any atom is 0.185 e. The van der Waals surface area contributed by atoms with Crippen molar-refractivity contribution in [2.24, 2.45) is 0 Å². The Balaban J connectivity index is 2.49. The Kier molecular flexibility index (Phi) is 4.59. The average molecular weight is 349 g/mol. The van der Waals surface area contributed by atoms with Crippen molar-refractivity contribution in [3.05, 3.63) is 68.7 Å². The van der Waals surface area contributed by atoms with E-state index in [0.29, 0.717) is 16.1 Å². The van der Waals surface area contributed by atoms with Gasteiger partial charge in [0.2, 0.25) is 0 Å². The van der Waals surface area contributed by atoms with E-state index in [0.717, 1.165) is 10.0 Å². The molecule has 0 radical (unpaired) electrons. The van der Waals surface area contributed by atoms with Crippen LogP contribution in [0.5, 0.6) is 0 Å². The number of halogens is 2. The van der Waals surface area contributed by atoms with Crippen LogP contribution in [0.3, 0.4) is 0 Å². The second kappa shape index (κ2) is 6.21. The SMILES string of the molecule is Cc1cccc(C(=O)C(C#N)c2ccccc2Br)c1Cl. The molecule has 0 aromatic heterocycles. The lowest BCUT2D eigenvalue weighted by atomic mass is 9.91. The molecule has 0 N–H and O–H groups in total. The number of ketones is 1. The Labute approximate surface area is 131 Å². The van der Waals surface area contributed by atoms with Crippen LogP contribution in [0.15, 0.2) is 46.9 Å². The van der Waals surface area contributed by atoms with E-state index >= 15 is 0 Å². The van der Waals surface area contributed by atoms with Gasteiger partial charge in [-0.2, -0.15) is 5.26 Å². The minimum atomic E-state index is -0.870. The Hall–Kier alpha value is -1.63. The smallest absolute Gasteiger partial charge is 0.185 e. The molecule has 0 fully saturated rings. The molecule has 1 atom stereocenters. The van der Waals surface area contributed by atoms with Crippen LogP contribution in [0.25, 0.3) is 0 Å². The van der Waals surface area contributed by atoms with Crippen molar-refractivity contribution in [1.29, 1.82) is 5.26 Å². The first-order chi connectivity index (χ1) is 9.56. The quantitative estimate of drug-likeness (QED) is 0.740. The molecule has 2 aromatic rings. The van der Waals surface area contributed by atoms with Crippen LogP contribution in [0.2, 0.25) is 5.02 Å². The third-order valence-corrected chi connectivity index (χ3v) is 4.29. The Morgan fingerprint density at radius 2 is 1.95 bits per heavy atom. The predicted molar refractivity (Wildman–Crippen MR) is 83.0 cm³/mol. The molecule has 1 unspecified atom stereocenters. The molecular formula is C16H11BrClNO. The minimum Gasteiger partial charge on any atom is -0.292 e. The number of hydrogen-bond donors (Lipinski definition) is 0. The van der Waals surface area contributed by atoms with Crippen molar-refractivity contribution >= 4 is 33.3 Å². The van der Waals surface area contributed by atoms with Gasteiger partial charge in [-0.05, 0) is 30.2 Å². The van der Waals surface area contributed by atoms with Crippen molar-refractivity contribution in [2.75, 3.05) is 0 Å².